The highest BCUT2D eigenvalue weighted by Crippen LogP contribution is 2.26. The van der Waals surface area contributed by atoms with Crippen LogP contribution in [-0.4, -0.2) is 4.98 Å². The summed E-state index contributed by atoms with van der Waals surface area (Å²) < 4.78 is 26.3. The van der Waals surface area contributed by atoms with Gasteiger partial charge in [-0.3, -0.25) is 0 Å². The van der Waals surface area contributed by atoms with Gasteiger partial charge in [0.1, 0.15) is 16.3 Å². The zero-order chi connectivity index (χ0) is 9.42. The lowest BCUT2D eigenvalue weighted by molar-refractivity contribution is 0.591. The fourth-order valence-electron chi connectivity index (χ4n) is 1.06. The summed E-state index contributed by atoms with van der Waals surface area (Å²) in [6, 6.07) is 2.08. The van der Waals surface area contributed by atoms with Gasteiger partial charge in [-0.1, -0.05) is 0 Å². The second-order valence-electron chi connectivity index (χ2n) is 2.48. The van der Waals surface area contributed by atoms with Gasteiger partial charge in [-0.25, -0.2) is 13.8 Å². The molecule has 0 radical (unpaired) electrons. The quantitative estimate of drug-likeness (QED) is 0.671. The summed E-state index contributed by atoms with van der Waals surface area (Å²) >= 11 is 6.72. The average molecular weight is 220 g/mol. The molecule has 13 heavy (non-hydrogen) atoms. The Hall–Kier alpha value is -0.740. The number of thiazole rings is 1. The minimum absolute atomic E-state index is 0.196. The van der Waals surface area contributed by atoms with Gasteiger partial charge in [0, 0.05) is 6.07 Å². The van der Waals surface area contributed by atoms with Crippen LogP contribution < -0.4 is 0 Å². The lowest BCUT2D eigenvalue weighted by Crippen LogP contribution is -1.81. The average Bonchev–Trinajstić information content (AvgIpc) is 2.47. The molecule has 0 bridgehead atoms. The van der Waals surface area contributed by atoms with Gasteiger partial charge in [-0.05, 0) is 6.07 Å². The molecule has 0 aliphatic rings. The van der Waals surface area contributed by atoms with Crippen molar-refractivity contribution in [2.75, 3.05) is 0 Å². The molecule has 0 spiro atoms. The van der Waals surface area contributed by atoms with Crippen molar-refractivity contribution in [1.29, 1.82) is 0 Å². The van der Waals surface area contributed by atoms with Gasteiger partial charge in [0.05, 0.1) is 10.6 Å². The highest BCUT2D eigenvalue weighted by Gasteiger charge is 2.09. The number of rotatable bonds is 1. The topological polar surface area (TPSA) is 12.9 Å². The number of fused-ring (bicyclic) bond motifs is 1. The van der Waals surface area contributed by atoms with Crippen LogP contribution in [0.15, 0.2) is 12.1 Å². The van der Waals surface area contributed by atoms with E-state index in [1.165, 1.54) is 17.4 Å². The van der Waals surface area contributed by atoms with Gasteiger partial charge in [0.15, 0.2) is 5.82 Å². The molecule has 5 heteroatoms. The minimum Gasteiger partial charge on any atom is -0.237 e. The molecule has 0 aliphatic carbocycles. The van der Waals surface area contributed by atoms with Crippen LogP contribution in [0.3, 0.4) is 0 Å². The molecule has 0 atom stereocenters. The van der Waals surface area contributed by atoms with Crippen molar-refractivity contribution in [2.24, 2.45) is 0 Å². The van der Waals surface area contributed by atoms with E-state index in [4.69, 9.17) is 11.6 Å². The van der Waals surface area contributed by atoms with Crippen molar-refractivity contribution >= 4 is 33.2 Å². The van der Waals surface area contributed by atoms with E-state index in [2.05, 4.69) is 4.98 Å². The number of halogens is 3. The van der Waals surface area contributed by atoms with Crippen LogP contribution in [0.5, 0.6) is 0 Å². The Morgan fingerprint density at radius 1 is 1.38 bits per heavy atom. The predicted molar refractivity (Wildman–Crippen MR) is 49.1 cm³/mol. The van der Waals surface area contributed by atoms with Crippen molar-refractivity contribution in [1.82, 2.24) is 4.98 Å². The summed E-state index contributed by atoms with van der Waals surface area (Å²) in [4.78, 5) is 3.92. The highest BCUT2D eigenvalue weighted by atomic mass is 35.5. The largest absolute Gasteiger partial charge is 0.237 e. The van der Waals surface area contributed by atoms with Crippen molar-refractivity contribution in [2.45, 2.75) is 5.88 Å². The molecular formula is C8H4ClF2NS. The predicted octanol–water partition coefficient (Wildman–Crippen LogP) is 3.31. The molecule has 1 nitrogen and oxygen atoms in total. The normalized spacial score (nSPS) is 11.0. The van der Waals surface area contributed by atoms with E-state index in [-0.39, 0.29) is 11.4 Å². The summed E-state index contributed by atoms with van der Waals surface area (Å²) in [5, 5.41) is 0.598. The SMILES string of the molecule is Fc1cc(F)c2nc(CCl)sc2c1. The first kappa shape index (κ1) is 8.84. The van der Waals surface area contributed by atoms with E-state index in [1.807, 2.05) is 0 Å². The molecule has 0 unspecified atom stereocenters. The third-order valence-corrected chi connectivity index (χ3v) is 2.99. The van der Waals surface area contributed by atoms with Gasteiger partial charge in [-0.15, -0.1) is 22.9 Å². The van der Waals surface area contributed by atoms with Crippen LogP contribution in [0, 0.1) is 11.6 Å². The first-order chi connectivity index (χ1) is 6.20. The van der Waals surface area contributed by atoms with Crippen molar-refractivity contribution in [3.8, 4) is 0 Å². The van der Waals surface area contributed by atoms with Crippen molar-refractivity contribution in [3.63, 3.8) is 0 Å². The summed E-state index contributed by atoms with van der Waals surface area (Å²) in [5.41, 5.74) is 0.196. The monoisotopic (exact) mass is 219 g/mol. The number of hydrogen-bond donors (Lipinski definition) is 0. The van der Waals surface area contributed by atoms with Gasteiger partial charge in [0.25, 0.3) is 0 Å². The minimum atomic E-state index is -0.636. The van der Waals surface area contributed by atoms with Gasteiger partial charge in [-0.2, -0.15) is 0 Å². The molecule has 0 amide bonds. The molecule has 0 fully saturated rings. The van der Waals surface area contributed by atoms with E-state index in [9.17, 15) is 8.78 Å². The van der Waals surface area contributed by atoms with Crippen LogP contribution in [0.2, 0.25) is 0 Å². The lowest BCUT2D eigenvalue weighted by atomic mass is 10.3. The van der Waals surface area contributed by atoms with E-state index < -0.39 is 11.6 Å². The first-order valence-electron chi connectivity index (χ1n) is 3.51. The molecule has 68 valence electrons. The first-order valence-corrected chi connectivity index (χ1v) is 4.86. The fourth-order valence-corrected chi connectivity index (χ4v) is 2.14. The zero-order valence-corrected chi connectivity index (χ0v) is 7.92. The summed E-state index contributed by atoms with van der Waals surface area (Å²) in [6.45, 7) is 0. The number of aromatic nitrogens is 1. The standard InChI is InChI=1S/C8H4ClF2NS/c9-3-7-12-8-5(11)1-4(10)2-6(8)13-7/h1-2H,3H2. The van der Waals surface area contributed by atoms with E-state index >= 15 is 0 Å². The number of alkyl halides is 1. The van der Waals surface area contributed by atoms with Gasteiger partial charge in [0.2, 0.25) is 0 Å². The fraction of sp³-hybridized carbons (Fsp3) is 0.125. The summed E-state index contributed by atoms with van der Waals surface area (Å²) in [5.74, 6) is -1.00. The van der Waals surface area contributed by atoms with Crippen LogP contribution in [0.4, 0.5) is 8.78 Å². The number of nitrogens with zero attached hydrogens (tertiary/aromatic N) is 1. The number of hydrogen-bond acceptors (Lipinski definition) is 2. The maximum Gasteiger partial charge on any atom is 0.153 e. The molecule has 0 aliphatic heterocycles. The molecule has 0 saturated heterocycles. The van der Waals surface area contributed by atoms with Crippen LogP contribution in [0.1, 0.15) is 5.01 Å². The van der Waals surface area contributed by atoms with Crippen LogP contribution in [-0.2, 0) is 5.88 Å². The smallest absolute Gasteiger partial charge is 0.153 e. The Labute approximate surface area is 82.0 Å². The van der Waals surface area contributed by atoms with Crippen LogP contribution >= 0.6 is 22.9 Å². The Bertz CT molecular complexity index is 455. The van der Waals surface area contributed by atoms with Crippen molar-refractivity contribution in [3.05, 3.63) is 28.8 Å². The van der Waals surface area contributed by atoms with Crippen molar-refractivity contribution < 1.29 is 8.78 Å². The number of benzene rings is 1. The molecule has 0 N–H and O–H groups in total. The summed E-state index contributed by atoms with van der Waals surface area (Å²) in [6.07, 6.45) is 0. The molecule has 2 aromatic rings. The Morgan fingerprint density at radius 2 is 2.15 bits per heavy atom. The van der Waals surface area contributed by atoms with Gasteiger partial charge < -0.3 is 0 Å². The third kappa shape index (κ3) is 1.51. The Kier molecular flexibility index (Phi) is 2.17. The second kappa shape index (κ2) is 3.20. The van der Waals surface area contributed by atoms with E-state index in [0.29, 0.717) is 9.71 Å². The van der Waals surface area contributed by atoms with Gasteiger partial charge >= 0.3 is 0 Å². The molecule has 2 rings (SSSR count). The maximum absolute atomic E-state index is 13.1. The van der Waals surface area contributed by atoms with E-state index in [1.54, 1.807) is 0 Å². The van der Waals surface area contributed by atoms with E-state index in [0.717, 1.165) is 6.07 Å². The lowest BCUT2D eigenvalue weighted by Gasteiger charge is -1.90. The van der Waals surface area contributed by atoms with Crippen LogP contribution in [0.25, 0.3) is 10.2 Å². The second-order valence-corrected chi connectivity index (χ2v) is 3.86. The third-order valence-electron chi connectivity index (χ3n) is 1.57. The molecule has 1 heterocycles. The molecular weight excluding hydrogens is 216 g/mol. The maximum atomic E-state index is 13.1. The molecule has 0 saturated carbocycles. The Balaban J connectivity index is 2.75. The molecule has 1 aromatic carbocycles. The highest BCUT2D eigenvalue weighted by molar-refractivity contribution is 7.18. The zero-order valence-electron chi connectivity index (χ0n) is 6.35. The summed E-state index contributed by atoms with van der Waals surface area (Å²) in [7, 11) is 0. The Morgan fingerprint density at radius 3 is 2.85 bits per heavy atom. The molecule has 1 aromatic heterocycles.